The third-order valence-electron chi connectivity index (χ3n) is 6.06. The molecule has 0 radical (unpaired) electrons. The van der Waals surface area contributed by atoms with E-state index in [1.165, 1.54) is 24.1 Å². The number of benzene rings is 1. The van der Waals surface area contributed by atoms with Gasteiger partial charge in [-0.3, -0.25) is 24.1 Å². The summed E-state index contributed by atoms with van der Waals surface area (Å²) in [6.07, 6.45) is 4.11. The van der Waals surface area contributed by atoms with Crippen molar-refractivity contribution in [2.45, 2.75) is 32.6 Å². The Morgan fingerprint density at radius 2 is 1.94 bits per heavy atom. The van der Waals surface area contributed by atoms with Gasteiger partial charge in [-0.2, -0.15) is 5.26 Å². The third-order valence-corrected chi connectivity index (χ3v) is 6.06. The highest BCUT2D eigenvalue weighted by atomic mass is 16.5. The summed E-state index contributed by atoms with van der Waals surface area (Å²) in [6.45, 7) is 5.50. The van der Waals surface area contributed by atoms with Crippen LogP contribution in [0.25, 0.3) is 0 Å². The van der Waals surface area contributed by atoms with Crippen molar-refractivity contribution in [1.82, 2.24) is 24.7 Å². The minimum atomic E-state index is -0.804. The van der Waals surface area contributed by atoms with Crippen LogP contribution >= 0.6 is 0 Å². The minimum Gasteiger partial charge on any atom is -0.501 e. The molecule has 0 unspecified atom stereocenters. The van der Waals surface area contributed by atoms with Crippen LogP contribution in [0, 0.1) is 25.2 Å². The van der Waals surface area contributed by atoms with Crippen LogP contribution in [0.2, 0.25) is 0 Å². The van der Waals surface area contributed by atoms with Gasteiger partial charge in [0.2, 0.25) is 5.75 Å². The van der Waals surface area contributed by atoms with Crippen LogP contribution in [0.15, 0.2) is 52.2 Å². The molecule has 1 amide bonds. The molecule has 3 aromatic heterocycles. The van der Waals surface area contributed by atoms with Crippen molar-refractivity contribution in [3.05, 3.63) is 93.0 Å². The van der Waals surface area contributed by atoms with Crippen LogP contribution in [0.4, 0.5) is 5.69 Å². The molecule has 0 fully saturated rings. The number of anilines is 1. The van der Waals surface area contributed by atoms with Gasteiger partial charge in [0.15, 0.2) is 5.69 Å². The smallest absolute Gasteiger partial charge is 0.296 e. The molecule has 0 aliphatic carbocycles. The summed E-state index contributed by atoms with van der Waals surface area (Å²) in [5.74, 6) is -2.48. The van der Waals surface area contributed by atoms with Crippen molar-refractivity contribution in [2.24, 2.45) is 7.05 Å². The lowest BCUT2D eigenvalue weighted by Gasteiger charge is -2.26. The van der Waals surface area contributed by atoms with Crippen molar-refractivity contribution < 1.29 is 14.4 Å². The lowest BCUT2D eigenvalue weighted by atomic mass is 9.81. The molecule has 4 rings (SSSR count). The molecule has 2 atom stereocenters. The molecule has 4 aromatic rings. The molecule has 2 N–H and O–H groups in total. The number of aromatic nitrogens is 5. The van der Waals surface area contributed by atoms with Crippen molar-refractivity contribution in [1.29, 1.82) is 5.26 Å². The SMILES string of the molecule is Cc1ncc([C@H](c2ccccc2C#N)[C@@H](C)c2nc(C(=O)Nc3cnoc3)c(O)c(=O)n2C)nc1C. The van der Waals surface area contributed by atoms with E-state index >= 15 is 0 Å². The van der Waals surface area contributed by atoms with Gasteiger partial charge in [-0.05, 0) is 25.5 Å². The number of hydrogen-bond donors (Lipinski definition) is 2. The molecular formula is C25H23N7O4. The van der Waals surface area contributed by atoms with Gasteiger partial charge in [0.25, 0.3) is 11.5 Å². The molecule has 0 saturated heterocycles. The Kier molecular flexibility index (Phi) is 6.60. The second-order valence-electron chi connectivity index (χ2n) is 8.33. The second-order valence-corrected chi connectivity index (χ2v) is 8.33. The van der Waals surface area contributed by atoms with E-state index < -0.39 is 34.7 Å². The number of nitriles is 1. The summed E-state index contributed by atoms with van der Waals surface area (Å²) in [5.41, 5.74) is 2.17. The summed E-state index contributed by atoms with van der Waals surface area (Å²) in [4.78, 5) is 39.3. The fourth-order valence-electron chi connectivity index (χ4n) is 4.04. The second kappa shape index (κ2) is 9.79. The van der Waals surface area contributed by atoms with Crippen molar-refractivity contribution >= 4 is 11.6 Å². The predicted molar refractivity (Wildman–Crippen MR) is 129 cm³/mol. The number of carbonyl (C=O) groups is 1. The Morgan fingerprint density at radius 1 is 1.19 bits per heavy atom. The Bertz CT molecular complexity index is 1540. The van der Waals surface area contributed by atoms with Gasteiger partial charge in [-0.25, -0.2) is 4.98 Å². The van der Waals surface area contributed by atoms with Crippen molar-refractivity contribution in [3.63, 3.8) is 0 Å². The summed E-state index contributed by atoms with van der Waals surface area (Å²) in [5, 5.41) is 26.2. The average molecular weight is 486 g/mol. The number of carbonyl (C=O) groups excluding carboxylic acids is 1. The lowest BCUT2D eigenvalue weighted by Crippen LogP contribution is -2.30. The molecule has 11 nitrogen and oxygen atoms in total. The number of nitrogens with one attached hydrogen (secondary N) is 1. The van der Waals surface area contributed by atoms with Crippen LogP contribution in [0.5, 0.6) is 5.75 Å². The summed E-state index contributed by atoms with van der Waals surface area (Å²) < 4.78 is 5.89. The summed E-state index contributed by atoms with van der Waals surface area (Å²) in [6, 6.07) is 9.30. The summed E-state index contributed by atoms with van der Waals surface area (Å²) >= 11 is 0. The first-order chi connectivity index (χ1) is 17.2. The van der Waals surface area contributed by atoms with E-state index in [2.05, 4.69) is 26.5 Å². The fourth-order valence-corrected chi connectivity index (χ4v) is 4.04. The van der Waals surface area contributed by atoms with Gasteiger partial charge >= 0.3 is 0 Å². The minimum absolute atomic E-state index is 0.214. The zero-order chi connectivity index (χ0) is 26.0. The predicted octanol–water partition coefficient (Wildman–Crippen LogP) is 2.94. The molecular weight excluding hydrogens is 462 g/mol. The van der Waals surface area contributed by atoms with E-state index in [1.807, 2.05) is 32.9 Å². The Labute approximate surface area is 206 Å². The zero-order valence-corrected chi connectivity index (χ0v) is 20.1. The highest BCUT2D eigenvalue weighted by molar-refractivity contribution is 6.04. The first-order valence-corrected chi connectivity index (χ1v) is 11.0. The maximum atomic E-state index is 12.9. The maximum absolute atomic E-state index is 12.9. The molecule has 0 spiro atoms. The number of aryl methyl sites for hydroxylation is 2. The average Bonchev–Trinajstić information content (AvgIpc) is 3.38. The van der Waals surface area contributed by atoms with Crippen molar-refractivity contribution in [3.8, 4) is 11.8 Å². The molecule has 0 saturated carbocycles. The molecule has 1 aromatic carbocycles. The zero-order valence-electron chi connectivity index (χ0n) is 20.1. The van der Waals surface area contributed by atoms with E-state index in [4.69, 9.17) is 9.51 Å². The normalized spacial score (nSPS) is 12.5. The van der Waals surface area contributed by atoms with Gasteiger partial charge in [0, 0.05) is 25.1 Å². The largest absolute Gasteiger partial charge is 0.501 e. The van der Waals surface area contributed by atoms with Gasteiger partial charge in [-0.15, -0.1) is 0 Å². The molecule has 182 valence electrons. The quantitative estimate of drug-likeness (QED) is 0.418. The molecule has 0 bridgehead atoms. The number of aromatic hydroxyl groups is 1. The monoisotopic (exact) mass is 485 g/mol. The third kappa shape index (κ3) is 4.44. The molecule has 0 aliphatic heterocycles. The van der Waals surface area contributed by atoms with E-state index in [0.717, 1.165) is 11.4 Å². The van der Waals surface area contributed by atoms with Crippen molar-refractivity contribution in [2.75, 3.05) is 5.32 Å². The van der Waals surface area contributed by atoms with Crippen LogP contribution < -0.4 is 10.9 Å². The molecule has 11 heteroatoms. The molecule has 36 heavy (non-hydrogen) atoms. The molecule has 0 aliphatic rings. The van der Waals surface area contributed by atoms with E-state index in [9.17, 15) is 20.0 Å². The standard InChI is InChI=1S/C25H23N7O4/c1-13(20(18-8-6-5-7-16(18)9-26)19-11-27-14(2)15(3)29-19)23-31-21(22(33)25(35)32(23)4)24(34)30-17-10-28-36-12-17/h5-8,10-13,20,33H,1-4H3,(H,30,34)/t13-,20+/m1/s1. The van der Waals surface area contributed by atoms with Gasteiger partial charge < -0.3 is 14.9 Å². The number of nitrogens with zero attached hydrogens (tertiary/aromatic N) is 6. The highest BCUT2D eigenvalue weighted by Crippen LogP contribution is 2.38. The van der Waals surface area contributed by atoms with Gasteiger partial charge in [0.1, 0.15) is 17.8 Å². The van der Waals surface area contributed by atoms with Crippen LogP contribution in [-0.2, 0) is 7.05 Å². The highest BCUT2D eigenvalue weighted by Gasteiger charge is 2.32. The summed E-state index contributed by atoms with van der Waals surface area (Å²) in [7, 11) is 1.46. The van der Waals surface area contributed by atoms with E-state index in [1.54, 1.807) is 18.3 Å². The van der Waals surface area contributed by atoms with Gasteiger partial charge in [-0.1, -0.05) is 30.3 Å². The first kappa shape index (κ1) is 24.3. The van der Waals surface area contributed by atoms with Crippen LogP contribution in [-0.4, -0.2) is 35.7 Å². The van der Waals surface area contributed by atoms with E-state index in [-0.39, 0.29) is 11.5 Å². The maximum Gasteiger partial charge on any atom is 0.296 e. The molecule has 3 heterocycles. The Balaban J connectivity index is 1.89. The Hall–Kier alpha value is -4.85. The number of rotatable bonds is 6. The fraction of sp³-hybridized carbons (Fsp3) is 0.240. The van der Waals surface area contributed by atoms with E-state index in [0.29, 0.717) is 16.8 Å². The lowest BCUT2D eigenvalue weighted by molar-refractivity contribution is 0.101. The number of hydrogen-bond acceptors (Lipinski definition) is 9. The Morgan fingerprint density at radius 3 is 2.61 bits per heavy atom. The topological polar surface area (TPSA) is 160 Å². The first-order valence-electron chi connectivity index (χ1n) is 11.0. The van der Waals surface area contributed by atoms with Gasteiger partial charge in [0.05, 0.1) is 34.9 Å². The van der Waals surface area contributed by atoms with Crippen LogP contribution in [0.3, 0.4) is 0 Å². The number of amides is 1. The van der Waals surface area contributed by atoms with Crippen LogP contribution in [0.1, 0.15) is 63.3 Å².